The van der Waals surface area contributed by atoms with Crippen LogP contribution in [0, 0.1) is 11.8 Å². The number of piperidine rings is 1. The first-order valence-corrected chi connectivity index (χ1v) is 6.54. The molecule has 0 amide bonds. The van der Waals surface area contributed by atoms with Gasteiger partial charge in [-0.05, 0) is 58.0 Å². The van der Waals surface area contributed by atoms with Crippen LogP contribution in [0.3, 0.4) is 0 Å². The summed E-state index contributed by atoms with van der Waals surface area (Å²) in [6, 6.07) is 0. The van der Waals surface area contributed by atoms with Gasteiger partial charge in [0.25, 0.3) is 0 Å². The van der Waals surface area contributed by atoms with E-state index in [1.165, 1.54) is 45.4 Å². The van der Waals surface area contributed by atoms with Crippen molar-refractivity contribution >= 4 is 0 Å². The molecule has 2 heterocycles. The zero-order chi connectivity index (χ0) is 10.9. The van der Waals surface area contributed by atoms with Crippen molar-refractivity contribution in [1.29, 1.82) is 0 Å². The molecule has 2 atom stereocenters. The van der Waals surface area contributed by atoms with Crippen molar-refractivity contribution in [3.63, 3.8) is 0 Å². The Morgan fingerprint density at radius 3 is 2.73 bits per heavy atom. The molecule has 0 aliphatic carbocycles. The molecule has 1 N–H and O–H groups in total. The first-order chi connectivity index (χ1) is 7.08. The zero-order valence-corrected chi connectivity index (χ0v) is 10.6. The second kappa shape index (κ2) is 4.42. The molecule has 2 aliphatic rings. The van der Waals surface area contributed by atoms with Gasteiger partial charge in [0.15, 0.2) is 0 Å². The topological polar surface area (TPSA) is 15.3 Å². The van der Waals surface area contributed by atoms with Crippen molar-refractivity contribution in [1.82, 2.24) is 10.2 Å². The molecule has 2 nitrogen and oxygen atoms in total. The third-order valence-corrected chi connectivity index (χ3v) is 4.11. The predicted octanol–water partition coefficient (Wildman–Crippen LogP) is 2.11. The van der Waals surface area contributed by atoms with E-state index in [1.807, 2.05) is 0 Å². The summed E-state index contributed by atoms with van der Waals surface area (Å²) in [4.78, 5) is 2.72. The first-order valence-electron chi connectivity index (χ1n) is 6.54. The van der Waals surface area contributed by atoms with Crippen LogP contribution in [0.15, 0.2) is 0 Å². The van der Waals surface area contributed by atoms with Crippen LogP contribution in [0.4, 0.5) is 0 Å². The van der Waals surface area contributed by atoms with Gasteiger partial charge in [0.2, 0.25) is 0 Å². The van der Waals surface area contributed by atoms with Gasteiger partial charge >= 0.3 is 0 Å². The normalized spacial score (nSPS) is 37.0. The lowest BCUT2D eigenvalue weighted by molar-refractivity contribution is 0.136. The highest BCUT2D eigenvalue weighted by Crippen LogP contribution is 2.33. The van der Waals surface area contributed by atoms with Crippen molar-refractivity contribution in [2.24, 2.45) is 11.8 Å². The fourth-order valence-corrected chi connectivity index (χ4v) is 3.38. The highest BCUT2D eigenvalue weighted by molar-refractivity contribution is 4.92. The number of hydrogen-bond acceptors (Lipinski definition) is 2. The van der Waals surface area contributed by atoms with Gasteiger partial charge in [-0.25, -0.2) is 0 Å². The van der Waals surface area contributed by atoms with Crippen LogP contribution in [0.2, 0.25) is 0 Å². The third kappa shape index (κ3) is 2.73. The fourth-order valence-electron chi connectivity index (χ4n) is 3.38. The summed E-state index contributed by atoms with van der Waals surface area (Å²) >= 11 is 0. The van der Waals surface area contributed by atoms with Gasteiger partial charge in [0.1, 0.15) is 0 Å². The van der Waals surface area contributed by atoms with Crippen LogP contribution in [0.1, 0.15) is 40.0 Å². The number of rotatable bonds is 2. The van der Waals surface area contributed by atoms with Gasteiger partial charge < -0.3 is 5.32 Å². The summed E-state index contributed by atoms with van der Waals surface area (Å²) in [6.45, 7) is 12.3. The lowest BCUT2D eigenvalue weighted by atomic mass is 9.95. The molecule has 88 valence electrons. The number of likely N-dealkylation sites (tertiary alicyclic amines) is 1. The van der Waals surface area contributed by atoms with E-state index >= 15 is 0 Å². The largest absolute Gasteiger partial charge is 0.316 e. The zero-order valence-electron chi connectivity index (χ0n) is 10.6. The van der Waals surface area contributed by atoms with Crippen molar-refractivity contribution in [2.45, 2.75) is 45.6 Å². The van der Waals surface area contributed by atoms with Crippen molar-refractivity contribution in [3.05, 3.63) is 0 Å². The lowest BCUT2D eigenvalue weighted by Crippen LogP contribution is -2.44. The van der Waals surface area contributed by atoms with Crippen LogP contribution >= 0.6 is 0 Å². The minimum Gasteiger partial charge on any atom is -0.316 e. The van der Waals surface area contributed by atoms with E-state index in [2.05, 4.69) is 31.0 Å². The summed E-state index contributed by atoms with van der Waals surface area (Å²) in [7, 11) is 0. The summed E-state index contributed by atoms with van der Waals surface area (Å²) in [5.74, 6) is 1.78. The summed E-state index contributed by atoms with van der Waals surface area (Å²) in [5.41, 5.74) is 0.441. The number of nitrogens with one attached hydrogen (secondary N) is 1. The highest BCUT2D eigenvalue weighted by atomic mass is 15.2. The van der Waals surface area contributed by atoms with E-state index in [9.17, 15) is 0 Å². The molecule has 15 heavy (non-hydrogen) atoms. The Kier molecular flexibility index (Phi) is 3.36. The van der Waals surface area contributed by atoms with Crippen molar-refractivity contribution in [2.75, 3.05) is 26.2 Å². The first kappa shape index (κ1) is 11.4. The molecule has 0 aromatic rings. The van der Waals surface area contributed by atoms with Crippen LogP contribution in [0.25, 0.3) is 0 Å². The predicted molar refractivity (Wildman–Crippen MR) is 65.0 cm³/mol. The molecular weight excluding hydrogens is 184 g/mol. The van der Waals surface area contributed by atoms with E-state index in [-0.39, 0.29) is 0 Å². The Balaban J connectivity index is 1.87. The van der Waals surface area contributed by atoms with Gasteiger partial charge in [0, 0.05) is 18.6 Å². The Hall–Kier alpha value is -0.0800. The van der Waals surface area contributed by atoms with Gasteiger partial charge in [0.05, 0.1) is 0 Å². The van der Waals surface area contributed by atoms with Gasteiger partial charge in [-0.2, -0.15) is 0 Å². The molecule has 2 aliphatic heterocycles. The molecule has 0 bridgehead atoms. The average Bonchev–Trinajstić information content (AvgIpc) is 2.41. The number of nitrogens with zero attached hydrogens (tertiary/aromatic N) is 1. The van der Waals surface area contributed by atoms with E-state index in [0.29, 0.717) is 5.54 Å². The second-order valence-corrected chi connectivity index (χ2v) is 6.24. The summed E-state index contributed by atoms with van der Waals surface area (Å²) in [6.07, 6.45) is 4.16. The van der Waals surface area contributed by atoms with Gasteiger partial charge in [-0.3, -0.25) is 4.90 Å². The summed E-state index contributed by atoms with van der Waals surface area (Å²) < 4.78 is 0. The highest BCUT2D eigenvalue weighted by Gasteiger charge is 2.37. The fraction of sp³-hybridized carbons (Fsp3) is 1.00. The average molecular weight is 210 g/mol. The molecule has 2 unspecified atom stereocenters. The monoisotopic (exact) mass is 210 g/mol. The molecule has 0 aromatic carbocycles. The van der Waals surface area contributed by atoms with Crippen molar-refractivity contribution in [3.8, 4) is 0 Å². The van der Waals surface area contributed by atoms with Crippen LogP contribution in [0.5, 0.6) is 0 Å². The van der Waals surface area contributed by atoms with Crippen LogP contribution in [-0.4, -0.2) is 36.6 Å². The molecule has 2 heteroatoms. The second-order valence-electron chi connectivity index (χ2n) is 6.24. The Morgan fingerprint density at radius 2 is 2.20 bits per heavy atom. The number of hydrogen-bond donors (Lipinski definition) is 1. The molecule has 0 saturated carbocycles. The lowest BCUT2D eigenvalue weighted by Gasteiger charge is -2.35. The minimum atomic E-state index is 0.441. The van der Waals surface area contributed by atoms with Crippen LogP contribution < -0.4 is 5.32 Å². The molecule has 2 fully saturated rings. The molecule has 0 radical (unpaired) electrons. The van der Waals surface area contributed by atoms with E-state index in [0.717, 1.165) is 11.8 Å². The van der Waals surface area contributed by atoms with Crippen molar-refractivity contribution < 1.29 is 0 Å². The maximum atomic E-state index is 3.52. The summed E-state index contributed by atoms with van der Waals surface area (Å²) in [5, 5.41) is 3.52. The van der Waals surface area contributed by atoms with Gasteiger partial charge in [-0.1, -0.05) is 6.92 Å². The van der Waals surface area contributed by atoms with E-state index < -0.39 is 0 Å². The molecule has 2 rings (SSSR count). The molecular formula is C13H26N2. The SMILES string of the molecule is CC1CN(CC2CCCNC2)C(C)(C)C1. The van der Waals surface area contributed by atoms with E-state index in [4.69, 9.17) is 0 Å². The smallest absolute Gasteiger partial charge is 0.0156 e. The standard InChI is InChI=1S/C13H26N2/c1-11-7-13(2,3)15(9-11)10-12-5-4-6-14-8-12/h11-12,14H,4-10H2,1-3H3. The molecule has 0 aromatic heterocycles. The third-order valence-electron chi connectivity index (χ3n) is 4.11. The minimum absolute atomic E-state index is 0.441. The molecule has 0 spiro atoms. The van der Waals surface area contributed by atoms with Gasteiger partial charge in [-0.15, -0.1) is 0 Å². The molecule has 2 saturated heterocycles. The maximum Gasteiger partial charge on any atom is 0.0156 e. The maximum absolute atomic E-state index is 3.52. The Morgan fingerprint density at radius 1 is 1.40 bits per heavy atom. The van der Waals surface area contributed by atoms with E-state index in [1.54, 1.807) is 0 Å². The quantitative estimate of drug-likeness (QED) is 0.751. The Bertz CT molecular complexity index is 207. The van der Waals surface area contributed by atoms with Crippen LogP contribution in [-0.2, 0) is 0 Å². The Labute approximate surface area is 94.4 Å².